The molecule has 22 heavy (non-hydrogen) atoms. The monoisotopic (exact) mass is 321 g/mol. The van der Waals surface area contributed by atoms with Crippen LogP contribution in [0.2, 0.25) is 5.02 Å². The molecule has 8 heteroatoms. The Bertz CT molecular complexity index is 709. The number of aliphatic hydroxyl groups excluding tert-OH is 1. The minimum Gasteiger partial charge on any atom is -0.495 e. The maximum atomic E-state index is 12.1. The van der Waals surface area contributed by atoms with Gasteiger partial charge in [-0.05, 0) is 12.1 Å². The van der Waals surface area contributed by atoms with E-state index in [0.29, 0.717) is 5.75 Å². The standard InChI is InChI=1S/C14H12ClN3O4/c1-22-10-3-2-8(7-16)13(12(10)15)17-9-6-11(20)18(4-5-19)14(9)21/h2-3,6,17,19H,4-5H2,1H3. The third kappa shape index (κ3) is 2.74. The van der Waals surface area contributed by atoms with Crippen molar-refractivity contribution in [1.82, 2.24) is 4.90 Å². The van der Waals surface area contributed by atoms with E-state index in [4.69, 9.17) is 26.7 Å². The number of hydrogen-bond acceptors (Lipinski definition) is 6. The molecule has 114 valence electrons. The quantitative estimate of drug-likeness (QED) is 0.780. The van der Waals surface area contributed by atoms with Gasteiger partial charge in [0.05, 0.1) is 31.5 Å². The number of methoxy groups -OCH3 is 1. The molecule has 0 unspecified atom stereocenters. The van der Waals surface area contributed by atoms with Crippen molar-refractivity contribution in [1.29, 1.82) is 5.26 Å². The van der Waals surface area contributed by atoms with E-state index in [1.807, 2.05) is 6.07 Å². The van der Waals surface area contributed by atoms with Crippen molar-refractivity contribution in [3.05, 3.63) is 34.5 Å². The van der Waals surface area contributed by atoms with E-state index in [-0.39, 0.29) is 35.1 Å². The molecule has 0 aromatic heterocycles. The van der Waals surface area contributed by atoms with Crippen LogP contribution < -0.4 is 10.1 Å². The molecule has 0 bridgehead atoms. The summed E-state index contributed by atoms with van der Waals surface area (Å²) in [4.78, 5) is 24.7. The second-order valence-electron chi connectivity index (χ2n) is 4.32. The molecule has 0 radical (unpaired) electrons. The Morgan fingerprint density at radius 3 is 2.77 bits per heavy atom. The normalized spacial score (nSPS) is 13.9. The average molecular weight is 322 g/mol. The molecule has 1 aromatic carbocycles. The molecule has 2 N–H and O–H groups in total. The predicted octanol–water partition coefficient (Wildman–Crippen LogP) is 0.877. The van der Waals surface area contributed by atoms with Crippen LogP contribution in [-0.2, 0) is 9.59 Å². The van der Waals surface area contributed by atoms with Gasteiger partial charge in [-0.1, -0.05) is 11.6 Å². The number of nitrogens with zero attached hydrogens (tertiary/aromatic N) is 2. The first-order chi connectivity index (χ1) is 10.5. The van der Waals surface area contributed by atoms with Crippen LogP contribution in [0, 0.1) is 11.3 Å². The van der Waals surface area contributed by atoms with Crippen LogP contribution in [0.15, 0.2) is 23.9 Å². The third-order valence-corrected chi connectivity index (χ3v) is 3.41. The molecule has 0 aliphatic carbocycles. The van der Waals surface area contributed by atoms with Crippen LogP contribution in [0.25, 0.3) is 0 Å². The number of anilines is 1. The number of amides is 2. The Hall–Kier alpha value is -2.56. The van der Waals surface area contributed by atoms with E-state index in [0.717, 1.165) is 11.0 Å². The number of carbonyl (C=O) groups excluding carboxylic acids is 2. The van der Waals surface area contributed by atoms with Crippen LogP contribution in [0.1, 0.15) is 5.56 Å². The van der Waals surface area contributed by atoms with Gasteiger partial charge < -0.3 is 15.2 Å². The van der Waals surface area contributed by atoms with Crippen LogP contribution >= 0.6 is 11.6 Å². The summed E-state index contributed by atoms with van der Waals surface area (Å²) < 4.78 is 5.06. The van der Waals surface area contributed by atoms with Crippen molar-refractivity contribution < 1.29 is 19.4 Å². The number of rotatable bonds is 5. The molecule has 0 saturated heterocycles. The highest BCUT2D eigenvalue weighted by Gasteiger charge is 2.31. The van der Waals surface area contributed by atoms with Crippen LogP contribution in [-0.4, -0.2) is 42.1 Å². The molecule has 2 rings (SSSR count). The van der Waals surface area contributed by atoms with Crippen LogP contribution in [0.3, 0.4) is 0 Å². The van der Waals surface area contributed by atoms with Gasteiger partial charge in [-0.15, -0.1) is 0 Å². The highest BCUT2D eigenvalue weighted by molar-refractivity contribution is 6.35. The van der Waals surface area contributed by atoms with Crippen molar-refractivity contribution in [2.75, 3.05) is 25.6 Å². The Morgan fingerprint density at radius 2 is 2.18 bits per heavy atom. The second-order valence-corrected chi connectivity index (χ2v) is 4.70. The van der Waals surface area contributed by atoms with Gasteiger partial charge in [-0.3, -0.25) is 14.5 Å². The first-order valence-electron chi connectivity index (χ1n) is 6.25. The van der Waals surface area contributed by atoms with E-state index in [1.165, 1.54) is 19.2 Å². The summed E-state index contributed by atoms with van der Waals surface area (Å²) in [5.74, 6) is -0.811. The van der Waals surface area contributed by atoms with Gasteiger partial charge >= 0.3 is 0 Å². The summed E-state index contributed by atoms with van der Waals surface area (Å²) in [5, 5.41) is 20.8. The number of aliphatic hydroxyl groups is 1. The number of ether oxygens (including phenoxy) is 1. The summed E-state index contributed by atoms with van der Waals surface area (Å²) in [6, 6.07) is 4.96. The van der Waals surface area contributed by atoms with E-state index < -0.39 is 11.8 Å². The highest BCUT2D eigenvalue weighted by Crippen LogP contribution is 2.36. The molecule has 1 aliphatic heterocycles. The van der Waals surface area contributed by atoms with Gasteiger partial charge in [0.25, 0.3) is 11.8 Å². The van der Waals surface area contributed by atoms with Crippen molar-refractivity contribution in [2.45, 2.75) is 0 Å². The Balaban J connectivity index is 2.36. The number of benzene rings is 1. The van der Waals surface area contributed by atoms with E-state index in [9.17, 15) is 9.59 Å². The van der Waals surface area contributed by atoms with E-state index in [2.05, 4.69) is 5.32 Å². The van der Waals surface area contributed by atoms with Gasteiger partial charge in [-0.2, -0.15) is 5.26 Å². The smallest absolute Gasteiger partial charge is 0.277 e. The van der Waals surface area contributed by atoms with Crippen LogP contribution in [0.5, 0.6) is 5.75 Å². The maximum absolute atomic E-state index is 12.1. The lowest BCUT2D eigenvalue weighted by atomic mass is 10.1. The zero-order chi connectivity index (χ0) is 16.3. The molecule has 0 atom stereocenters. The number of nitriles is 1. The van der Waals surface area contributed by atoms with Crippen molar-refractivity contribution >= 4 is 29.1 Å². The van der Waals surface area contributed by atoms with Crippen molar-refractivity contribution in [3.8, 4) is 11.8 Å². The van der Waals surface area contributed by atoms with Gasteiger partial charge in [0.15, 0.2) is 0 Å². The number of β-amino-alcohol motifs (C(OH)–C–C–N with tert-alkyl or cyclic N) is 1. The molecule has 1 heterocycles. The second kappa shape index (κ2) is 6.47. The number of carbonyl (C=O) groups is 2. The maximum Gasteiger partial charge on any atom is 0.277 e. The SMILES string of the molecule is COc1ccc(C#N)c(NC2=CC(=O)N(CCO)C2=O)c1Cl. The fourth-order valence-corrected chi connectivity index (χ4v) is 2.26. The molecular weight excluding hydrogens is 310 g/mol. The average Bonchev–Trinajstić information content (AvgIpc) is 2.77. The Labute approximate surface area is 131 Å². The predicted molar refractivity (Wildman–Crippen MR) is 78.2 cm³/mol. The summed E-state index contributed by atoms with van der Waals surface area (Å²) >= 11 is 6.14. The number of halogens is 1. The number of imide groups is 1. The zero-order valence-corrected chi connectivity index (χ0v) is 12.3. The van der Waals surface area contributed by atoms with Gasteiger partial charge in [0, 0.05) is 6.08 Å². The molecule has 1 aliphatic rings. The Morgan fingerprint density at radius 1 is 1.45 bits per heavy atom. The number of hydrogen-bond donors (Lipinski definition) is 2. The minimum atomic E-state index is -0.596. The summed E-state index contributed by atoms with van der Waals surface area (Å²) in [7, 11) is 1.42. The van der Waals surface area contributed by atoms with Crippen molar-refractivity contribution in [2.24, 2.45) is 0 Å². The minimum absolute atomic E-state index is 0.0231. The fraction of sp³-hybridized carbons (Fsp3) is 0.214. The van der Waals surface area contributed by atoms with Gasteiger partial charge in [0.1, 0.15) is 22.5 Å². The molecule has 0 spiro atoms. The zero-order valence-electron chi connectivity index (χ0n) is 11.6. The Kier molecular flexibility index (Phi) is 4.65. The number of nitrogens with one attached hydrogen (secondary N) is 1. The lowest BCUT2D eigenvalue weighted by Crippen LogP contribution is -2.34. The summed E-state index contributed by atoms with van der Waals surface area (Å²) in [5.41, 5.74) is 0.361. The third-order valence-electron chi connectivity index (χ3n) is 3.04. The molecule has 2 amide bonds. The molecule has 1 aromatic rings. The summed E-state index contributed by atoms with van der Waals surface area (Å²) in [6.07, 6.45) is 1.09. The molecule has 0 saturated carbocycles. The lowest BCUT2D eigenvalue weighted by molar-refractivity contribution is -0.137. The van der Waals surface area contributed by atoms with Gasteiger partial charge in [0.2, 0.25) is 0 Å². The lowest BCUT2D eigenvalue weighted by Gasteiger charge is -2.15. The largest absolute Gasteiger partial charge is 0.495 e. The first-order valence-corrected chi connectivity index (χ1v) is 6.63. The summed E-state index contributed by atoms with van der Waals surface area (Å²) in [6.45, 7) is -0.432. The highest BCUT2D eigenvalue weighted by atomic mass is 35.5. The van der Waals surface area contributed by atoms with E-state index >= 15 is 0 Å². The molecule has 0 fully saturated rings. The topological polar surface area (TPSA) is 103 Å². The first kappa shape index (κ1) is 15.8. The van der Waals surface area contributed by atoms with E-state index in [1.54, 1.807) is 0 Å². The fourth-order valence-electron chi connectivity index (χ4n) is 1.97. The molecule has 7 nitrogen and oxygen atoms in total. The van der Waals surface area contributed by atoms with Crippen LogP contribution in [0.4, 0.5) is 5.69 Å². The van der Waals surface area contributed by atoms with Gasteiger partial charge in [-0.25, -0.2) is 0 Å². The van der Waals surface area contributed by atoms with Crippen molar-refractivity contribution in [3.63, 3.8) is 0 Å². The molecular formula is C14H12ClN3O4.